The summed E-state index contributed by atoms with van der Waals surface area (Å²) >= 11 is 0. The number of halogens is 2. The number of ether oxygens (including phenoxy) is 1. The van der Waals surface area contributed by atoms with Gasteiger partial charge in [-0.1, -0.05) is 6.92 Å². The fourth-order valence-electron chi connectivity index (χ4n) is 1.58. The van der Waals surface area contributed by atoms with Gasteiger partial charge in [0.25, 0.3) is 6.43 Å². The van der Waals surface area contributed by atoms with Crippen LogP contribution in [0.4, 0.5) is 8.78 Å². The van der Waals surface area contributed by atoms with Crippen molar-refractivity contribution in [2.24, 2.45) is 0 Å². The first-order chi connectivity index (χ1) is 6.77. The van der Waals surface area contributed by atoms with E-state index in [1.54, 1.807) is 14.0 Å². The summed E-state index contributed by atoms with van der Waals surface area (Å²) in [4.78, 5) is 0. The molecular formula is C11H23F2NO. The number of hydrogen-bond donors (Lipinski definition) is 1. The second kappa shape index (κ2) is 5.75. The Hall–Kier alpha value is -0.220. The van der Waals surface area contributed by atoms with Gasteiger partial charge in [-0.05, 0) is 40.2 Å². The fourth-order valence-corrected chi connectivity index (χ4v) is 1.58. The van der Waals surface area contributed by atoms with Gasteiger partial charge in [0.15, 0.2) is 0 Å². The van der Waals surface area contributed by atoms with Crippen LogP contribution < -0.4 is 5.32 Å². The van der Waals surface area contributed by atoms with Gasteiger partial charge in [0.2, 0.25) is 0 Å². The molecule has 0 amide bonds. The highest BCUT2D eigenvalue weighted by atomic mass is 19.3. The molecule has 0 radical (unpaired) electrons. The van der Waals surface area contributed by atoms with Crippen LogP contribution in [-0.4, -0.2) is 31.2 Å². The zero-order valence-electron chi connectivity index (χ0n) is 10.4. The Balaban J connectivity index is 4.50. The van der Waals surface area contributed by atoms with E-state index in [0.29, 0.717) is 6.54 Å². The highest BCUT2D eigenvalue weighted by molar-refractivity contribution is 4.92. The van der Waals surface area contributed by atoms with Crippen molar-refractivity contribution in [2.45, 2.75) is 58.1 Å². The minimum Gasteiger partial charge on any atom is -0.379 e. The average Bonchev–Trinajstić information content (AvgIpc) is 2.14. The monoisotopic (exact) mass is 223 g/mol. The van der Waals surface area contributed by atoms with Crippen molar-refractivity contribution in [3.05, 3.63) is 0 Å². The van der Waals surface area contributed by atoms with Crippen molar-refractivity contribution in [1.29, 1.82) is 0 Å². The lowest BCUT2D eigenvalue weighted by Gasteiger charge is -2.37. The minimum atomic E-state index is -2.39. The summed E-state index contributed by atoms with van der Waals surface area (Å²) in [7, 11) is 1.55. The molecule has 4 heteroatoms. The van der Waals surface area contributed by atoms with Crippen molar-refractivity contribution >= 4 is 0 Å². The molecule has 2 nitrogen and oxygen atoms in total. The summed E-state index contributed by atoms with van der Waals surface area (Å²) in [6, 6.07) is 0. The highest BCUT2D eigenvalue weighted by Crippen LogP contribution is 2.28. The summed E-state index contributed by atoms with van der Waals surface area (Å²) in [5, 5.41) is 2.91. The van der Waals surface area contributed by atoms with E-state index in [2.05, 4.69) is 5.32 Å². The molecule has 0 aliphatic rings. The van der Waals surface area contributed by atoms with Crippen LogP contribution in [0.2, 0.25) is 0 Å². The standard InChI is InChI=1S/C11H23F2NO/c1-6-7-14-11(4,9(12)13)8-10(2,3)15-5/h9,14H,6-8H2,1-5H3. The molecule has 0 fully saturated rings. The predicted molar refractivity (Wildman–Crippen MR) is 58.4 cm³/mol. The molecule has 0 saturated carbocycles. The number of alkyl halides is 2. The zero-order chi connectivity index (χ0) is 12.1. The molecule has 0 spiro atoms. The summed E-state index contributed by atoms with van der Waals surface area (Å²) in [6.45, 7) is 7.75. The van der Waals surface area contributed by atoms with E-state index in [4.69, 9.17) is 4.74 Å². The smallest absolute Gasteiger partial charge is 0.256 e. The number of hydrogen-bond acceptors (Lipinski definition) is 2. The molecule has 0 heterocycles. The van der Waals surface area contributed by atoms with E-state index >= 15 is 0 Å². The van der Waals surface area contributed by atoms with E-state index < -0.39 is 17.6 Å². The molecule has 1 N–H and O–H groups in total. The summed E-state index contributed by atoms with van der Waals surface area (Å²) in [6.07, 6.45) is -1.26. The SMILES string of the molecule is CCCNC(C)(CC(C)(C)OC)C(F)F. The van der Waals surface area contributed by atoms with Crippen LogP contribution >= 0.6 is 0 Å². The first-order valence-electron chi connectivity index (χ1n) is 5.36. The molecule has 0 saturated heterocycles. The van der Waals surface area contributed by atoms with Crippen LogP contribution in [0.15, 0.2) is 0 Å². The van der Waals surface area contributed by atoms with Crippen LogP contribution in [0.3, 0.4) is 0 Å². The van der Waals surface area contributed by atoms with Gasteiger partial charge in [0, 0.05) is 7.11 Å². The second-order valence-electron chi connectivity index (χ2n) is 4.79. The number of nitrogens with one attached hydrogen (secondary N) is 1. The van der Waals surface area contributed by atoms with Crippen molar-refractivity contribution in [3.63, 3.8) is 0 Å². The molecule has 1 unspecified atom stereocenters. The van der Waals surface area contributed by atoms with E-state index in [0.717, 1.165) is 6.42 Å². The number of rotatable bonds is 7. The Kier molecular flexibility index (Phi) is 5.67. The Labute approximate surface area is 91.4 Å². The molecule has 0 aromatic heterocycles. The highest BCUT2D eigenvalue weighted by Gasteiger charge is 2.39. The van der Waals surface area contributed by atoms with E-state index in [9.17, 15) is 8.78 Å². The maximum atomic E-state index is 13.0. The third kappa shape index (κ3) is 4.89. The maximum Gasteiger partial charge on any atom is 0.256 e. The van der Waals surface area contributed by atoms with Crippen molar-refractivity contribution in [1.82, 2.24) is 5.32 Å². The Morgan fingerprint density at radius 3 is 2.13 bits per heavy atom. The second-order valence-corrected chi connectivity index (χ2v) is 4.79. The molecule has 0 aromatic carbocycles. The van der Waals surface area contributed by atoms with Crippen molar-refractivity contribution in [3.8, 4) is 0 Å². The van der Waals surface area contributed by atoms with Crippen LogP contribution in [0, 0.1) is 0 Å². The molecule has 0 bridgehead atoms. The third-order valence-corrected chi connectivity index (χ3v) is 2.61. The topological polar surface area (TPSA) is 21.3 Å². The van der Waals surface area contributed by atoms with E-state index in [1.807, 2.05) is 20.8 Å². The van der Waals surface area contributed by atoms with Gasteiger partial charge >= 0.3 is 0 Å². The quantitative estimate of drug-likeness (QED) is 0.716. The molecule has 0 aliphatic heterocycles. The molecule has 15 heavy (non-hydrogen) atoms. The molecule has 0 aliphatic carbocycles. The minimum absolute atomic E-state index is 0.286. The van der Waals surface area contributed by atoms with Gasteiger partial charge in [-0.15, -0.1) is 0 Å². The summed E-state index contributed by atoms with van der Waals surface area (Å²) in [5.74, 6) is 0. The maximum absolute atomic E-state index is 13.0. The van der Waals surface area contributed by atoms with Crippen molar-refractivity contribution in [2.75, 3.05) is 13.7 Å². The summed E-state index contributed by atoms with van der Waals surface area (Å²) in [5.41, 5.74) is -1.71. The summed E-state index contributed by atoms with van der Waals surface area (Å²) < 4.78 is 31.1. The molecular weight excluding hydrogens is 200 g/mol. The molecule has 0 rings (SSSR count). The molecule has 0 aromatic rings. The Morgan fingerprint density at radius 1 is 1.27 bits per heavy atom. The average molecular weight is 223 g/mol. The number of methoxy groups -OCH3 is 1. The first-order valence-corrected chi connectivity index (χ1v) is 5.36. The van der Waals surface area contributed by atoms with Crippen molar-refractivity contribution < 1.29 is 13.5 Å². The van der Waals surface area contributed by atoms with Gasteiger partial charge in [-0.3, -0.25) is 0 Å². The van der Waals surface area contributed by atoms with Crippen LogP contribution in [-0.2, 0) is 4.74 Å². The van der Waals surface area contributed by atoms with Crippen LogP contribution in [0.1, 0.15) is 40.5 Å². The zero-order valence-corrected chi connectivity index (χ0v) is 10.4. The van der Waals surface area contributed by atoms with Gasteiger partial charge in [-0.2, -0.15) is 0 Å². The fraction of sp³-hybridized carbons (Fsp3) is 1.00. The van der Waals surface area contributed by atoms with Crippen LogP contribution in [0.5, 0.6) is 0 Å². The van der Waals surface area contributed by atoms with E-state index in [-0.39, 0.29) is 6.42 Å². The molecule has 92 valence electrons. The van der Waals surface area contributed by atoms with Crippen LogP contribution in [0.25, 0.3) is 0 Å². The Morgan fingerprint density at radius 2 is 1.80 bits per heavy atom. The Bertz CT molecular complexity index is 185. The largest absolute Gasteiger partial charge is 0.379 e. The van der Waals surface area contributed by atoms with E-state index in [1.165, 1.54) is 0 Å². The lowest BCUT2D eigenvalue weighted by molar-refractivity contribution is -0.0474. The van der Waals surface area contributed by atoms with Gasteiger partial charge in [0.1, 0.15) is 0 Å². The van der Waals surface area contributed by atoms with Gasteiger partial charge < -0.3 is 10.1 Å². The lowest BCUT2D eigenvalue weighted by Crippen LogP contribution is -2.53. The van der Waals surface area contributed by atoms with Gasteiger partial charge in [0.05, 0.1) is 11.1 Å². The molecule has 1 atom stereocenters. The first kappa shape index (κ1) is 14.8. The third-order valence-electron chi connectivity index (χ3n) is 2.61. The normalized spacial score (nSPS) is 16.8. The lowest BCUT2D eigenvalue weighted by atomic mass is 9.88. The predicted octanol–water partition coefficient (Wildman–Crippen LogP) is 2.82. The van der Waals surface area contributed by atoms with Gasteiger partial charge in [-0.25, -0.2) is 8.78 Å².